The number of aryl methyl sites for hydroxylation is 1. The third kappa shape index (κ3) is 3.02. The lowest BCUT2D eigenvalue weighted by Crippen LogP contribution is -1.87. The Bertz CT molecular complexity index is 633. The van der Waals surface area contributed by atoms with Crippen LogP contribution in [-0.4, -0.2) is 7.11 Å². The van der Waals surface area contributed by atoms with Gasteiger partial charge in [0.2, 0.25) is 0 Å². The third-order valence-electron chi connectivity index (χ3n) is 2.92. The van der Waals surface area contributed by atoms with E-state index in [-0.39, 0.29) is 0 Å². The number of hydrogen-bond donors (Lipinski definition) is 0. The van der Waals surface area contributed by atoms with Gasteiger partial charge in [-0.2, -0.15) is 5.26 Å². The molecule has 2 nitrogen and oxygen atoms in total. The van der Waals surface area contributed by atoms with Gasteiger partial charge in [-0.1, -0.05) is 48.0 Å². The molecule has 2 aromatic rings. The summed E-state index contributed by atoms with van der Waals surface area (Å²) >= 11 is 0. The van der Waals surface area contributed by atoms with E-state index in [1.165, 1.54) is 5.56 Å². The summed E-state index contributed by atoms with van der Waals surface area (Å²) in [6, 6.07) is 17.8. The molecular weight excluding hydrogens is 234 g/mol. The molecule has 0 bridgehead atoms. The van der Waals surface area contributed by atoms with Crippen molar-refractivity contribution in [3.05, 3.63) is 65.2 Å². The van der Waals surface area contributed by atoms with Crippen molar-refractivity contribution in [2.75, 3.05) is 7.11 Å². The van der Waals surface area contributed by atoms with E-state index >= 15 is 0 Å². The molecule has 0 aliphatic carbocycles. The quantitative estimate of drug-likeness (QED) is 0.607. The number of rotatable bonds is 3. The van der Waals surface area contributed by atoms with E-state index in [9.17, 15) is 5.26 Å². The van der Waals surface area contributed by atoms with Gasteiger partial charge in [0.25, 0.3) is 0 Å². The fourth-order valence-electron chi connectivity index (χ4n) is 1.85. The summed E-state index contributed by atoms with van der Waals surface area (Å²) in [5.74, 6) is 0.766. The minimum atomic E-state index is 0.629. The van der Waals surface area contributed by atoms with Crippen LogP contribution >= 0.6 is 0 Å². The Labute approximate surface area is 113 Å². The molecule has 19 heavy (non-hydrogen) atoms. The largest absolute Gasteiger partial charge is 0.496 e. The van der Waals surface area contributed by atoms with Gasteiger partial charge in [-0.05, 0) is 24.6 Å². The fraction of sp³-hybridized carbons (Fsp3) is 0.118. The van der Waals surface area contributed by atoms with Crippen molar-refractivity contribution in [2.24, 2.45) is 0 Å². The molecule has 0 aromatic heterocycles. The first-order valence-electron chi connectivity index (χ1n) is 6.06. The number of ether oxygens (including phenoxy) is 1. The Morgan fingerprint density at radius 3 is 2.42 bits per heavy atom. The summed E-state index contributed by atoms with van der Waals surface area (Å²) in [4.78, 5) is 0. The van der Waals surface area contributed by atoms with Crippen molar-refractivity contribution in [3.63, 3.8) is 0 Å². The zero-order chi connectivity index (χ0) is 13.7. The summed E-state index contributed by atoms with van der Waals surface area (Å²) in [6.45, 7) is 2.03. The molecule has 94 valence electrons. The summed E-state index contributed by atoms with van der Waals surface area (Å²) in [5.41, 5.74) is 3.63. The predicted octanol–water partition coefficient (Wildman–Crippen LogP) is 4.07. The van der Waals surface area contributed by atoms with Crippen molar-refractivity contribution < 1.29 is 4.74 Å². The van der Waals surface area contributed by atoms with Gasteiger partial charge in [-0.25, -0.2) is 0 Å². The van der Waals surface area contributed by atoms with E-state index in [1.807, 2.05) is 61.5 Å². The Kier molecular flexibility index (Phi) is 4.00. The molecule has 0 atom stereocenters. The maximum Gasteiger partial charge on any atom is 0.126 e. The molecule has 0 aliphatic rings. The highest BCUT2D eigenvalue weighted by Crippen LogP contribution is 2.24. The highest BCUT2D eigenvalue weighted by Gasteiger charge is 2.04. The summed E-state index contributed by atoms with van der Waals surface area (Å²) in [6.07, 6.45) is 1.85. The zero-order valence-corrected chi connectivity index (χ0v) is 11.1. The zero-order valence-electron chi connectivity index (χ0n) is 11.1. The monoisotopic (exact) mass is 249 g/mol. The molecule has 0 radical (unpaired) electrons. The normalized spacial score (nSPS) is 10.9. The van der Waals surface area contributed by atoms with E-state index in [1.54, 1.807) is 7.11 Å². The van der Waals surface area contributed by atoms with Crippen molar-refractivity contribution in [1.29, 1.82) is 5.26 Å². The Morgan fingerprint density at radius 1 is 1.11 bits per heavy atom. The molecule has 0 fully saturated rings. The molecule has 0 saturated heterocycles. The number of benzene rings is 2. The summed E-state index contributed by atoms with van der Waals surface area (Å²) < 4.78 is 5.29. The maximum absolute atomic E-state index is 9.31. The molecule has 2 aromatic carbocycles. The lowest BCUT2D eigenvalue weighted by molar-refractivity contribution is 0.414. The van der Waals surface area contributed by atoms with Crippen molar-refractivity contribution in [1.82, 2.24) is 0 Å². The van der Waals surface area contributed by atoms with Crippen molar-refractivity contribution in [3.8, 4) is 11.8 Å². The van der Waals surface area contributed by atoms with E-state index in [0.29, 0.717) is 5.57 Å². The van der Waals surface area contributed by atoms with Crippen LogP contribution in [0.5, 0.6) is 5.75 Å². The number of hydrogen-bond acceptors (Lipinski definition) is 2. The molecule has 0 aliphatic heterocycles. The molecule has 0 N–H and O–H groups in total. The predicted molar refractivity (Wildman–Crippen MR) is 77.7 cm³/mol. The van der Waals surface area contributed by atoms with Crippen molar-refractivity contribution >= 4 is 11.6 Å². The van der Waals surface area contributed by atoms with E-state index in [0.717, 1.165) is 16.9 Å². The van der Waals surface area contributed by atoms with Crippen molar-refractivity contribution in [2.45, 2.75) is 6.92 Å². The topological polar surface area (TPSA) is 33.0 Å². The Hall–Kier alpha value is -2.53. The first kappa shape index (κ1) is 12.9. The average molecular weight is 249 g/mol. The molecule has 0 unspecified atom stereocenters. The van der Waals surface area contributed by atoms with Crippen LogP contribution in [0.25, 0.3) is 11.6 Å². The summed E-state index contributed by atoms with van der Waals surface area (Å²) in [5, 5.41) is 9.31. The maximum atomic E-state index is 9.31. The smallest absolute Gasteiger partial charge is 0.126 e. The minimum absolute atomic E-state index is 0.629. The van der Waals surface area contributed by atoms with Gasteiger partial charge in [0.05, 0.1) is 18.8 Å². The van der Waals surface area contributed by atoms with Crippen LogP contribution in [0.15, 0.2) is 48.5 Å². The number of nitriles is 1. The van der Waals surface area contributed by atoms with E-state index < -0.39 is 0 Å². The first-order chi connectivity index (χ1) is 9.24. The van der Waals surface area contributed by atoms with Gasteiger partial charge in [-0.3, -0.25) is 0 Å². The van der Waals surface area contributed by atoms with Gasteiger partial charge in [-0.15, -0.1) is 0 Å². The average Bonchev–Trinajstić information content (AvgIpc) is 2.46. The number of nitrogens with zero attached hydrogens (tertiary/aromatic N) is 1. The Morgan fingerprint density at radius 2 is 1.79 bits per heavy atom. The van der Waals surface area contributed by atoms with Gasteiger partial charge < -0.3 is 4.74 Å². The van der Waals surface area contributed by atoms with Crippen LogP contribution in [-0.2, 0) is 0 Å². The van der Waals surface area contributed by atoms with Crippen LogP contribution in [0.4, 0.5) is 0 Å². The highest BCUT2D eigenvalue weighted by atomic mass is 16.5. The SMILES string of the molecule is COc1ccccc1/C=C(\C#N)c1ccc(C)cc1. The third-order valence-corrected chi connectivity index (χ3v) is 2.92. The van der Waals surface area contributed by atoms with Crippen LogP contribution in [0.3, 0.4) is 0 Å². The molecule has 0 saturated carbocycles. The molecule has 0 heterocycles. The molecule has 0 amide bonds. The Balaban J connectivity index is 2.44. The molecule has 2 heteroatoms. The van der Waals surface area contributed by atoms with E-state index in [2.05, 4.69) is 6.07 Å². The van der Waals surface area contributed by atoms with Crippen LogP contribution in [0, 0.1) is 18.3 Å². The van der Waals surface area contributed by atoms with Gasteiger partial charge >= 0.3 is 0 Å². The van der Waals surface area contributed by atoms with Gasteiger partial charge in [0.15, 0.2) is 0 Å². The van der Waals surface area contributed by atoms with Gasteiger partial charge in [0, 0.05) is 5.56 Å². The number of methoxy groups -OCH3 is 1. The second-order valence-corrected chi connectivity index (χ2v) is 4.28. The summed E-state index contributed by atoms with van der Waals surface area (Å²) in [7, 11) is 1.63. The standard InChI is InChI=1S/C17H15NO/c1-13-7-9-14(10-8-13)16(12-18)11-15-5-3-4-6-17(15)19-2/h3-11H,1-2H3/b16-11+. The number of para-hydroxylation sites is 1. The second-order valence-electron chi connectivity index (χ2n) is 4.28. The van der Waals surface area contributed by atoms with E-state index in [4.69, 9.17) is 4.74 Å². The molecule has 2 rings (SSSR count). The van der Waals surface area contributed by atoms with Crippen LogP contribution in [0.2, 0.25) is 0 Å². The fourth-order valence-corrected chi connectivity index (χ4v) is 1.85. The van der Waals surface area contributed by atoms with Crippen LogP contribution in [0.1, 0.15) is 16.7 Å². The molecule has 0 spiro atoms. The molecular formula is C17H15NO. The lowest BCUT2D eigenvalue weighted by Gasteiger charge is -2.05. The highest BCUT2D eigenvalue weighted by molar-refractivity contribution is 5.90. The first-order valence-corrected chi connectivity index (χ1v) is 6.06. The van der Waals surface area contributed by atoms with Gasteiger partial charge in [0.1, 0.15) is 5.75 Å². The number of allylic oxidation sites excluding steroid dienone is 1. The minimum Gasteiger partial charge on any atom is -0.496 e. The van der Waals surface area contributed by atoms with Crippen LogP contribution < -0.4 is 4.74 Å². The lowest BCUT2D eigenvalue weighted by atomic mass is 10.0. The second kappa shape index (κ2) is 5.88.